The van der Waals surface area contributed by atoms with Crippen molar-refractivity contribution in [3.05, 3.63) is 24.3 Å². The second-order valence-electron chi connectivity index (χ2n) is 2.69. The van der Waals surface area contributed by atoms with Gasteiger partial charge in [-0.3, -0.25) is 4.79 Å². The van der Waals surface area contributed by atoms with E-state index in [0.717, 1.165) is 19.4 Å². The Morgan fingerprint density at radius 2 is 2.25 bits per heavy atom. The van der Waals surface area contributed by atoms with Crippen molar-refractivity contribution in [3.8, 4) is 0 Å². The molecule has 0 saturated heterocycles. The number of allylic oxidation sites excluding steroid dienone is 2. The van der Waals surface area contributed by atoms with Gasteiger partial charge in [0.15, 0.2) is 0 Å². The molecule has 0 spiro atoms. The van der Waals surface area contributed by atoms with E-state index in [1.54, 1.807) is 19.1 Å². The van der Waals surface area contributed by atoms with Crippen LogP contribution in [0, 0.1) is 0 Å². The number of hydrogen-bond donors (Lipinski definition) is 1. The Morgan fingerprint density at radius 1 is 1.58 bits per heavy atom. The summed E-state index contributed by atoms with van der Waals surface area (Å²) in [6.07, 6.45) is 5.47. The topological polar surface area (TPSA) is 29.1 Å². The molecule has 2 nitrogen and oxygen atoms in total. The number of rotatable bonds is 5. The lowest BCUT2D eigenvalue weighted by Crippen LogP contribution is -2.24. The molecule has 0 bridgehead atoms. The predicted molar refractivity (Wildman–Crippen MR) is 51.9 cm³/mol. The molecule has 0 aliphatic heterocycles. The van der Waals surface area contributed by atoms with Gasteiger partial charge in [-0.05, 0) is 13.3 Å². The first-order valence-electron chi connectivity index (χ1n) is 4.30. The van der Waals surface area contributed by atoms with Crippen LogP contribution in [0.25, 0.3) is 0 Å². The molecular formula is C10H17NO. The zero-order valence-electron chi connectivity index (χ0n) is 7.89. The maximum atomic E-state index is 11.2. The third-order valence-corrected chi connectivity index (χ3v) is 1.54. The Balaban J connectivity index is 3.72. The van der Waals surface area contributed by atoms with E-state index >= 15 is 0 Å². The summed E-state index contributed by atoms with van der Waals surface area (Å²) in [5, 5.41) is 2.81. The van der Waals surface area contributed by atoms with Crippen molar-refractivity contribution in [2.75, 3.05) is 6.54 Å². The molecule has 0 fully saturated rings. The van der Waals surface area contributed by atoms with Gasteiger partial charge in [-0.15, -0.1) is 0 Å². The normalized spacial score (nSPS) is 11.0. The van der Waals surface area contributed by atoms with Crippen molar-refractivity contribution >= 4 is 5.91 Å². The maximum absolute atomic E-state index is 11.2. The van der Waals surface area contributed by atoms with Gasteiger partial charge < -0.3 is 5.32 Å². The molecule has 1 amide bonds. The lowest BCUT2D eigenvalue weighted by Gasteiger charge is -2.02. The summed E-state index contributed by atoms with van der Waals surface area (Å²) in [6.45, 7) is 8.16. The van der Waals surface area contributed by atoms with E-state index < -0.39 is 0 Å². The molecule has 0 aliphatic carbocycles. The van der Waals surface area contributed by atoms with E-state index in [0.29, 0.717) is 5.57 Å². The van der Waals surface area contributed by atoms with Gasteiger partial charge in [0.2, 0.25) is 5.91 Å². The molecule has 0 saturated carbocycles. The van der Waals surface area contributed by atoms with Crippen molar-refractivity contribution in [3.63, 3.8) is 0 Å². The van der Waals surface area contributed by atoms with Gasteiger partial charge in [0.05, 0.1) is 0 Å². The number of carbonyl (C=O) groups is 1. The van der Waals surface area contributed by atoms with E-state index in [9.17, 15) is 4.79 Å². The van der Waals surface area contributed by atoms with Gasteiger partial charge >= 0.3 is 0 Å². The molecule has 0 heterocycles. The van der Waals surface area contributed by atoms with Crippen molar-refractivity contribution in [1.82, 2.24) is 5.32 Å². The highest BCUT2D eigenvalue weighted by Gasteiger charge is 1.99. The molecule has 0 aliphatic rings. The van der Waals surface area contributed by atoms with Gasteiger partial charge in [-0.1, -0.05) is 32.1 Å². The maximum Gasteiger partial charge on any atom is 0.246 e. The summed E-state index contributed by atoms with van der Waals surface area (Å²) in [5.74, 6) is 0.00310. The first-order valence-corrected chi connectivity index (χ1v) is 4.30. The van der Waals surface area contributed by atoms with Gasteiger partial charge in [0.25, 0.3) is 0 Å². The van der Waals surface area contributed by atoms with Crippen LogP contribution in [0.5, 0.6) is 0 Å². The standard InChI is InChI=1S/C10H17NO/c1-4-6-8-11-10(12)9(3)7-5-2/h5,7H,2,4,6,8H2,1,3H3,(H,11,12)/b9-7+. The van der Waals surface area contributed by atoms with E-state index in [1.165, 1.54) is 0 Å². The summed E-state index contributed by atoms with van der Waals surface area (Å²) in [4.78, 5) is 11.2. The van der Waals surface area contributed by atoms with Gasteiger partial charge in [0, 0.05) is 12.1 Å². The average Bonchev–Trinajstić information content (AvgIpc) is 2.05. The van der Waals surface area contributed by atoms with Gasteiger partial charge in [0.1, 0.15) is 0 Å². The van der Waals surface area contributed by atoms with Gasteiger partial charge in [-0.25, -0.2) is 0 Å². The zero-order chi connectivity index (χ0) is 9.40. The Hall–Kier alpha value is -1.05. The minimum Gasteiger partial charge on any atom is -0.352 e. The first-order chi connectivity index (χ1) is 5.72. The molecule has 0 aromatic carbocycles. The quantitative estimate of drug-likeness (QED) is 0.379. The van der Waals surface area contributed by atoms with Crippen LogP contribution in [-0.2, 0) is 4.79 Å². The van der Waals surface area contributed by atoms with Crippen LogP contribution in [-0.4, -0.2) is 12.5 Å². The molecule has 2 heteroatoms. The van der Waals surface area contributed by atoms with Crippen molar-refractivity contribution in [1.29, 1.82) is 0 Å². The van der Waals surface area contributed by atoms with Crippen LogP contribution in [0.15, 0.2) is 24.3 Å². The number of unbranched alkanes of at least 4 members (excludes halogenated alkanes) is 1. The molecule has 0 aromatic rings. The molecule has 0 rings (SSSR count). The number of hydrogen-bond acceptors (Lipinski definition) is 1. The molecule has 0 unspecified atom stereocenters. The van der Waals surface area contributed by atoms with Crippen molar-refractivity contribution in [2.24, 2.45) is 0 Å². The Morgan fingerprint density at radius 3 is 2.75 bits per heavy atom. The minimum atomic E-state index is 0.00310. The van der Waals surface area contributed by atoms with Crippen LogP contribution in [0.1, 0.15) is 26.7 Å². The van der Waals surface area contributed by atoms with Crippen LogP contribution in [0.2, 0.25) is 0 Å². The van der Waals surface area contributed by atoms with Crippen LogP contribution < -0.4 is 5.32 Å². The number of amides is 1. The largest absolute Gasteiger partial charge is 0.352 e. The number of carbonyl (C=O) groups excluding carboxylic acids is 1. The SMILES string of the molecule is C=C/C=C(\C)C(=O)NCCCC. The Labute approximate surface area is 74.4 Å². The fourth-order valence-corrected chi connectivity index (χ4v) is 0.771. The van der Waals surface area contributed by atoms with E-state index in [-0.39, 0.29) is 5.91 Å². The molecule has 12 heavy (non-hydrogen) atoms. The third-order valence-electron chi connectivity index (χ3n) is 1.54. The van der Waals surface area contributed by atoms with Crippen LogP contribution in [0.3, 0.4) is 0 Å². The highest BCUT2D eigenvalue weighted by molar-refractivity contribution is 5.92. The third kappa shape index (κ3) is 4.72. The van der Waals surface area contributed by atoms with Crippen molar-refractivity contribution in [2.45, 2.75) is 26.7 Å². The predicted octanol–water partition coefficient (Wildman–Crippen LogP) is 2.04. The van der Waals surface area contributed by atoms with Crippen LogP contribution >= 0.6 is 0 Å². The molecule has 0 radical (unpaired) electrons. The molecule has 0 aromatic heterocycles. The molecule has 1 N–H and O–H groups in total. The van der Waals surface area contributed by atoms with Crippen LogP contribution in [0.4, 0.5) is 0 Å². The summed E-state index contributed by atoms with van der Waals surface area (Å²) in [6, 6.07) is 0. The van der Waals surface area contributed by atoms with Gasteiger partial charge in [-0.2, -0.15) is 0 Å². The molecule has 68 valence electrons. The Bertz CT molecular complexity index is 182. The average molecular weight is 167 g/mol. The molecular weight excluding hydrogens is 150 g/mol. The lowest BCUT2D eigenvalue weighted by atomic mass is 10.2. The zero-order valence-corrected chi connectivity index (χ0v) is 7.89. The summed E-state index contributed by atoms with van der Waals surface area (Å²) < 4.78 is 0. The Kier molecular flexibility index (Phi) is 6.07. The second-order valence-corrected chi connectivity index (χ2v) is 2.69. The lowest BCUT2D eigenvalue weighted by molar-refractivity contribution is -0.117. The monoisotopic (exact) mass is 167 g/mol. The molecule has 0 atom stereocenters. The highest BCUT2D eigenvalue weighted by atomic mass is 16.1. The second kappa shape index (κ2) is 6.65. The van der Waals surface area contributed by atoms with E-state index in [1.807, 2.05) is 0 Å². The van der Waals surface area contributed by atoms with Crippen molar-refractivity contribution < 1.29 is 4.79 Å². The number of nitrogens with one attached hydrogen (secondary N) is 1. The smallest absolute Gasteiger partial charge is 0.246 e. The fraction of sp³-hybridized carbons (Fsp3) is 0.500. The highest BCUT2D eigenvalue weighted by Crippen LogP contribution is 1.92. The fourth-order valence-electron chi connectivity index (χ4n) is 0.771. The summed E-state index contributed by atoms with van der Waals surface area (Å²) >= 11 is 0. The minimum absolute atomic E-state index is 0.00310. The van der Waals surface area contributed by atoms with E-state index in [2.05, 4.69) is 18.8 Å². The summed E-state index contributed by atoms with van der Waals surface area (Å²) in [7, 11) is 0. The van der Waals surface area contributed by atoms with E-state index in [4.69, 9.17) is 0 Å². The first kappa shape index (κ1) is 11.0. The summed E-state index contributed by atoms with van der Waals surface area (Å²) in [5.41, 5.74) is 0.709.